The topological polar surface area (TPSA) is 95.6 Å². The molecule has 0 aliphatic carbocycles. The van der Waals surface area contributed by atoms with E-state index in [-0.39, 0.29) is 29.3 Å². The van der Waals surface area contributed by atoms with Crippen LogP contribution in [0.4, 0.5) is 14.5 Å². The Labute approximate surface area is 181 Å². The number of nitrogens with one attached hydrogen (secondary N) is 1. The normalized spacial score (nSPS) is 11.3. The minimum Gasteiger partial charge on any atom is -0.496 e. The van der Waals surface area contributed by atoms with Crippen LogP contribution in [-0.2, 0) is 11.5 Å². The van der Waals surface area contributed by atoms with E-state index in [0.29, 0.717) is 23.6 Å². The SMILES string of the molecule is CCOCn1cc(NC(=O)c2cnn3c(C(F)F)cc(-c4ccccc4OC)nc23)cn1. The number of halogens is 2. The minimum atomic E-state index is -2.83. The van der Waals surface area contributed by atoms with Crippen LogP contribution >= 0.6 is 0 Å². The fourth-order valence-corrected chi connectivity index (χ4v) is 3.18. The van der Waals surface area contributed by atoms with E-state index in [1.807, 2.05) is 6.92 Å². The summed E-state index contributed by atoms with van der Waals surface area (Å²) in [5.41, 5.74) is 0.834. The Kier molecular flexibility index (Phi) is 6.08. The fourth-order valence-electron chi connectivity index (χ4n) is 3.18. The van der Waals surface area contributed by atoms with E-state index >= 15 is 0 Å². The van der Waals surface area contributed by atoms with Crippen molar-refractivity contribution >= 4 is 17.2 Å². The Hall–Kier alpha value is -3.86. The maximum Gasteiger partial charge on any atom is 0.280 e. The number of fused-ring (bicyclic) bond motifs is 1. The second kappa shape index (κ2) is 9.10. The molecular formula is C21H20F2N6O3. The molecule has 3 aromatic heterocycles. The Morgan fingerprint density at radius 2 is 2.03 bits per heavy atom. The van der Waals surface area contributed by atoms with Gasteiger partial charge < -0.3 is 14.8 Å². The number of ether oxygens (including phenoxy) is 2. The monoisotopic (exact) mass is 442 g/mol. The highest BCUT2D eigenvalue weighted by molar-refractivity contribution is 6.08. The first-order valence-corrected chi connectivity index (χ1v) is 9.73. The van der Waals surface area contributed by atoms with Crippen molar-refractivity contribution in [2.75, 3.05) is 19.0 Å². The molecule has 1 amide bonds. The molecule has 0 unspecified atom stereocenters. The number of anilines is 1. The zero-order chi connectivity index (χ0) is 22.7. The number of carbonyl (C=O) groups is 1. The van der Waals surface area contributed by atoms with Crippen LogP contribution in [0.1, 0.15) is 29.4 Å². The fraction of sp³-hybridized carbons (Fsp3) is 0.238. The van der Waals surface area contributed by atoms with Gasteiger partial charge in [-0.05, 0) is 25.1 Å². The molecule has 166 valence electrons. The largest absolute Gasteiger partial charge is 0.496 e. The highest BCUT2D eigenvalue weighted by Gasteiger charge is 2.22. The van der Waals surface area contributed by atoms with Crippen molar-refractivity contribution in [3.05, 3.63) is 60.2 Å². The number of rotatable bonds is 8. The van der Waals surface area contributed by atoms with E-state index in [1.165, 1.54) is 30.3 Å². The third-order valence-electron chi connectivity index (χ3n) is 4.67. The molecule has 32 heavy (non-hydrogen) atoms. The number of methoxy groups -OCH3 is 1. The molecule has 9 nitrogen and oxygen atoms in total. The van der Waals surface area contributed by atoms with Crippen LogP contribution in [-0.4, -0.2) is 44.0 Å². The van der Waals surface area contributed by atoms with Gasteiger partial charge in [0.05, 0.1) is 37.1 Å². The molecule has 0 radical (unpaired) electrons. The molecule has 0 spiro atoms. The summed E-state index contributed by atoms with van der Waals surface area (Å²) in [5.74, 6) is -0.0855. The summed E-state index contributed by atoms with van der Waals surface area (Å²) in [6.07, 6.45) is 1.43. The first-order chi connectivity index (χ1) is 15.5. The van der Waals surface area contributed by atoms with Crippen LogP contribution < -0.4 is 10.1 Å². The van der Waals surface area contributed by atoms with Gasteiger partial charge >= 0.3 is 0 Å². The molecule has 0 bridgehead atoms. The number of carbonyl (C=O) groups excluding carboxylic acids is 1. The van der Waals surface area contributed by atoms with Crippen LogP contribution in [0.25, 0.3) is 16.9 Å². The van der Waals surface area contributed by atoms with Crippen molar-refractivity contribution in [2.24, 2.45) is 0 Å². The van der Waals surface area contributed by atoms with Crippen molar-refractivity contribution in [1.29, 1.82) is 0 Å². The van der Waals surface area contributed by atoms with Crippen molar-refractivity contribution in [1.82, 2.24) is 24.4 Å². The summed E-state index contributed by atoms with van der Waals surface area (Å²) in [7, 11) is 1.48. The molecule has 4 aromatic rings. The average Bonchev–Trinajstić information content (AvgIpc) is 3.43. The minimum absolute atomic E-state index is 0.00270. The lowest BCUT2D eigenvalue weighted by atomic mass is 10.1. The highest BCUT2D eigenvalue weighted by Crippen LogP contribution is 2.32. The van der Waals surface area contributed by atoms with Crippen LogP contribution in [0.5, 0.6) is 5.75 Å². The van der Waals surface area contributed by atoms with Gasteiger partial charge in [0.15, 0.2) is 5.65 Å². The van der Waals surface area contributed by atoms with Crippen LogP contribution in [0, 0.1) is 0 Å². The van der Waals surface area contributed by atoms with E-state index in [9.17, 15) is 13.6 Å². The molecule has 0 fully saturated rings. The number of benzene rings is 1. The van der Waals surface area contributed by atoms with Gasteiger partial charge in [0, 0.05) is 12.2 Å². The second-order valence-electron chi connectivity index (χ2n) is 6.71. The number of nitrogens with zero attached hydrogens (tertiary/aromatic N) is 5. The van der Waals surface area contributed by atoms with E-state index < -0.39 is 12.3 Å². The first-order valence-electron chi connectivity index (χ1n) is 9.73. The van der Waals surface area contributed by atoms with Gasteiger partial charge in [-0.2, -0.15) is 10.2 Å². The van der Waals surface area contributed by atoms with Gasteiger partial charge in [0.25, 0.3) is 12.3 Å². The number of amides is 1. The molecule has 11 heteroatoms. The van der Waals surface area contributed by atoms with Gasteiger partial charge in [0.2, 0.25) is 0 Å². The van der Waals surface area contributed by atoms with Gasteiger partial charge in [-0.1, -0.05) is 12.1 Å². The summed E-state index contributed by atoms with van der Waals surface area (Å²) in [4.78, 5) is 17.3. The maximum absolute atomic E-state index is 13.8. The zero-order valence-electron chi connectivity index (χ0n) is 17.3. The zero-order valence-corrected chi connectivity index (χ0v) is 17.3. The Morgan fingerprint density at radius 1 is 1.22 bits per heavy atom. The molecule has 4 rings (SSSR count). The number of hydrogen-bond donors (Lipinski definition) is 1. The van der Waals surface area contributed by atoms with E-state index in [2.05, 4.69) is 20.5 Å². The molecule has 0 saturated carbocycles. The molecule has 1 N–H and O–H groups in total. The first kappa shape index (κ1) is 21.4. The number of para-hydroxylation sites is 1. The lowest BCUT2D eigenvalue weighted by molar-refractivity contribution is 0.0792. The highest BCUT2D eigenvalue weighted by atomic mass is 19.3. The van der Waals surface area contributed by atoms with Crippen molar-refractivity contribution in [2.45, 2.75) is 20.1 Å². The molecule has 3 heterocycles. The molecular weight excluding hydrogens is 422 g/mol. The maximum atomic E-state index is 13.8. The predicted octanol–water partition coefficient (Wildman–Crippen LogP) is 3.79. The number of hydrogen-bond acceptors (Lipinski definition) is 6. The summed E-state index contributed by atoms with van der Waals surface area (Å²) < 4.78 is 40.7. The Bertz CT molecular complexity index is 1250. The number of alkyl halides is 2. The summed E-state index contributed by atoms with van der Waals surface area (Å²) >= 11 is 0. The smallest absolute Gasteiger partial charge is 0.280 e. The Balaban J connectivity index is 1.73. The third kappa shape index (κ3) is 4.14. The summed E-state index contributed by atoms with van der Waals surface area (Å²) in [6.45, 7) is 2.62. The summed E-state index contributed by atoms with van der Waals surface area (Å²) in [5, 5.41) is 10.7. The van der Waals surface area contributed by atoms with E-state index in [0.717, 1.165) is 4.52 Å². The molecule has 0 aliphatic heterocycles. The second-order valence-corrected chi connectivity index (χ2v) is 6.71. The lowest BCUT2D eigenvalue weighted by Gasteiger charge is -2.11. The van der Waals surface area contributed by atoms with Gasteiger partial charge in [-0.25, -0.2) is 23.0 Å². The quantitative estimate of drug-likeness (QED) is 0.446. The summed E-state index contributed by atoms with van der Waals surface area (Å²) in [6, 6.07) is 8.15. The predicted molar refractivity (Wildman–Crippen MR) is 112 cm³/mol. The standard InChI is InChI=1S/C21H20F2N6O3/c1-3-32-12-28-11-13(9-24-28)26-21(30)15-10-25-29-17(19(22)23)8-16(27-20(15)29)14-6-4-5-7-18(14)31-2/h4-11,19H,3,12H2,1-2H3,(H,26,30). The van der Waals surface area contributed by atoms with E-state index in [1.54, 1.807) is 30.5 Å². The van der Waals surface area contributed by atoms with Crippen molar-refractivity contribution < 1.29 is 23.0 Å². The molecule has 1 aromatic carbocycles. The van der Waals surface area contributed by atoms with Crippen LogP contribution in [0.3, 0.4) is 0 Å². The van der Waals surface area contributed by atoms with Gasteiger partial charge in [-0.3, -0.25) is 4.79 Å². The van der Waals surface area contributed by atoms with Gasteiger partial charge in [-0.15, -0.1) is 0 Å². The van der Waals surface area contributed by atoms with Crippen LogP contribution in [0.2, 0.25) is 0 Å². The van der Waals surface area contributed by atoms with Crippen molar-refractivity contribution in [3.8, 4) is 17.0 Å². The average molecular weight is 442 g/mol. The molecule has 0 atom stereocenters. The van der Waals surface area contributed by atoms with Gasteiger partial charge in [0.1, 0.15) is 23.7 Å². The van der Waals surface area contributed by atoms with E-state index in [4.69, 9.17) is 9.47 Å². The lowest BCUT2D eigenvalue weighted by Crippen LogP contribution is -2.12. The third-order valence-corrected chi connectivity index (χ3v) is 4.67. The van der Waals surface area contributed by atoms with Crippen LogP contribution in [0.15, 0.2) is 48.9 Å². The molecule has 0 saturated heterocycles. The van der Waals surface area contributed by atoms with Crippen molar-refractivity contribution in [3.63, 3.8) is 0 Å². The molecule has 0 aliphatic rings. The number of aromatic nitrogens is 5. The Morgan fingerprint density at radius 3 is 2.78 bits per heavy atom.